The van der Waals surface area contributed by atoms with Crippen molar-refractivity contribution in [2.24, 2.45) is 10.8 Å². The SMILES string of the molecule is C=C(C)c1ccc(C)cc1.C=C(O)c1ccc(C2=CCC(C)(CC)/C(=C\CC)C2(C)C)cc1. The molecule has 2 aromatic rings. The van der Waals surface area contributed by atoms with Crippen LogP contribution in [-0.2, 0) is 0 Å². The molecule has 1 atom stereocenters. The van der Waals surface area contributed by atoms with E-state index in [2.05, 4.69) is 103 Å². The Kier molecular flexibility index (Phi) is 8.72. The lowest BCUT2D eigenvalue weighted by molar-refractivity contribution is 0.310. The Morgan fingerprint density at radius 2 is 1.48 bits per heavy atom. The average Bonchev–Trinajstić information content (AvgIpc) is 2.77. The van der Waals surface area contributed by atoms with Gasteiger partial charge in [0.05, 0.1) is 0 Å². The maximum atomic E-state index is 9.52. The first-order chi connectivity index (χ1) is 15.5. The van der Waals surface area contributed by atoms with Gasteiger partial charge >= 0.3 is 0 Å². The van der Waals surface area contributed by atoms with Gasteiger partial charge in [-0.2, -0.15) is 0 Å². The molecule has 0 amide bonds. The van der Waals surface area contributed by atoms with Crippen LogP contribution in [0.1, 0.15) is 83.1 Å². The summed E-state index contributed by atoms with van der Waals surface area (Å²) < 4.78 is 0. The zero-order valence-electron chi connectivity index (χ0n) is 21.8. The molecule has 0 aromatic heterocycles. The number of hydrogen-bond donors (Lipinski definition) is 1. The van der Waals surface area contributed by atoms with Crippen LogP contribution < -0.4 is 0 Å². The normalized spacial score (nSPS) is 20.5. The van der Waals surface area contributed by atoms with E-state index >= 15 is 0 Å². The summed E-state index contributed by atoms with van der Waals surface area (Å²) in [6.45, 7) is 23.1. The van der Waals surface area contributed by atoms with E-state index < -0.39 is 0 Å². The number of hydrogen-bond acceptors (Lipinski definition) is 1. The molecule has 1 aliphatic carbocycles. The van der Waals surface area contributed by atoms with Crippen LogP contribution in [0, 0.1) is 17.8 Å². The van der Waals surface area contributed by atoms with E-state index in [-0.39, 0.29) is 16.6 Å². The van der Waals surface area contributed by atoms with Gasteiger partial charge in [0.15, 0.2) is 0 Å². The van der Waals surface area contributed by atoms with Gasteiger partial charge < -0.3 is 5.11 Å². The molecule has 1 aliphatic rings. The topological polar surface area (TPSA) is 20.2 Å². The number of aryl methyl sites for hydroxylation is 1. The Morgan fingerprint density at radius 1 is 0.939 bits per heavy atom. The van der Waals surface area contributed by atoms with Crippen LogP contribution in [0.3, 0.4) is 0 Å². The third kappa shape index (κ3) is 6.16. The number of aliphatic hydroxyl groups excluding tert-OH is 1. The van der Waals surface area contributed by atoms with Gasteiger partial charge in [-0.1, -0.05) is 125 Å². The van der Waals surface area contributed by atoms with Crippen LogP contribution in [0.25, 0.3) is 16.9 Å². The highest BCUT2D eigenvalue weighted by molar-refractivity contribution is 5.76. The summed E-state index contributed by atoms with van der Waals surface area (Å²) in [5, 5.41) is 9.52. The summed E-state index contributed by atoms with van der Waals surface area (Å²) in [7, 11) is 0. The lowest BCUT2D eigenvalue weighted by Gasteiger charge is -2.46. The second-order valence-electron chi connectivity index (χ2n) is 10.1. The van der Waals surface area contributed by atoms with Gasteiger partial charge in [0.1, 0.15) is 5.76 Å². The van der Waals surface area contributed by atoms with E-state index in [1.807, 2.05) is 19.1 Å². The second-order valence-corrected chi connectivity index (χ2v) is 10.1. The minimum absolute atomic E-state index is 0.0246. The van der Waals surface area contributed by atoms with Gasteiger partial charge in [-0.15, -0.1) is 0 Å². The third-order valence-electron chi connectivity index (χ3n) is 7.02. The molecule has 3 rings (SSSR count). The summed E-state index contributed by atoms with van der Waals surface area (Å²) in [6.07, 6.45) is 8.17. The minimum Gasteiger partial charge on any atom is -0.508 e. The summed E-state index contributed by atoms with van der Waals surface area (Å²) in [5.41, 5.74) is 8.89. The van der Waals surface area contributed by atoms with Crippen molar-refractivity contribution >= 4 is 16.9 Å². The monoisotopic (exact) mass is 442 g/mol. The molecule has 1 N–H and O–H groups in total. The summed E-state index contributed by atoms with van der Waals surface area (Å²) >= 11 is 0. The van der Waals surface area contributed by atoms with Crippen molar-refractivity contribution in [2.75, 3.05) is 0 Å². The van der Waals surface area contributed by atoms with Crippen LogP contribution in [0.5, 0.6) is 0 Å². The predicted octanol–water partition coefficient (Wildman–Crippen LogP) is 9.81. The highest BCUT2D eigenvalue weighted by atomic mass is 16.3. The number of benzene rings is 2. The fourth-order valence-corrected chi connectivity index (χ4v) is 4.79. The molecule has 0 spiro atoms. The summed E-state index contributed by atoms with van der Waals surface area (Å²) in [4.78, 5) is 0. The van der Waals surface area contributed by atoms with Crippen LogP contribution >= 0.6 is 0 Å². The van der Waals surface area contributed by atoms with E-state index in [1.165, 1.54) is 22.3 Å². The van der Waals surface area contributed by atoms with Gasteiger partial charge in [-0.3, -0.25) is 0 Å². The van der Waals surface area contributed by atoms with Gasteiger partial charge in [-0.25, -0.2) is 0 Å². The largest absolute Gasteiger partial charge is 0.508 e. The van der Waals surface area contributed by atoms with Gasteiger partial charge in [0.25, 0.3) is 0 Å². The maximum absolute atomic E-state index is 9.52. The molecule has 0 saturated heterocycles. The molecule has 0 heterocycles. The molecule has 0 saturated carbocycles. The van der Waals surface area contributed by atoms with Gasteiger partial charge in [0.2, 0.25) is 0 Å². The molecule has 0 radical (unpaired) electrons. The summed E-state index contributed by atoms with van der Waals surface area (Å²) in [6, 6.07) is 16.5. The molecule has 0 bridgehead atoms. The molecule has 1 unspecified atom stereocenters. The summed E-state index contributed by atoms with van der Waals surface area (Å²) in [5.74, 6) is 0.124. The fourth-order valence-electron chi connectivity index (χ4n) is 4.79. The Bertz CT molecular complexity index is 1030. The number of rotatable bonds is 5. The van der Waals surface area contributed by atoms with Crippen LogP contribution in [0.2, 0.25) is 0 Å². The molecule has 1 heteroatoms. The predicted molar refractivity (Wildman–Crippen MR) is 147 cm³/mol. The molecular weight excluding hydrogens is 400 g/mol. The van der Waals surface area contributed by atoms with Crippen molar-refractivity contribution in [3.8, 4) is 0 Å². The van der Waals surface area contributed by atoms with Crippen molar-refractivity contribution in [1.82, 2.24) is 0 Å². The van der Waals surface area contributed by atoms with Crippen molar-refractivity contribution < 1.29 is 5.11 Å². The molecule has 33 heavy (non-hydrogen) atoms. The Morgan fingerprint density at radius 3 is 1.94 bits per heavy atom. The fraction of sp³-hybridized carbons (Fsp3) is 0.375. The first kappa shape index (κ1) is 26.5. The molecule has 2 aromatic carbocycles. The molecule has 0 aliphatic heterocycles. The number of aliphatic hydroxyl groups is 1. The van der Waals surface area contributed by atoms with Crippen molar-refractivity contribution in [1.29, 1.82) is 0 Å². The van der Waals surface area contributed by atoms with Crippen LogP contribution in [-0.4, -0.2) is 5.11 Å². The average molecular weight is 443 g/mol. The minimum atomic E-state index is 0.0246. The van der Waals surface area contributed by atoms with E-state index in [9.17, 15) is 5.11 Å². The van der Waals surface area contributed by atoms with Crippen LogP contribution in [0.4, 0.5) is 0 Å². The Labute approximate surface area is 202 Å². The number of allylic oxidation sites excluding steroid dienone is 5. The van der Waals surface area contributed by atoms with E-state index in [0.29, 0.717) is 0 Å². The zero-order valence-corrected chi connectivity index (χ0v) is 21.8. The highest BCUT2D eigenvalue weighted by Gasteiger charge is 2.41. The first-order valence-electron chi connectivity index (χ1n) is 12.1. The zero-order chi connectivity index (χ0) is 24.8. The lowest BCUT2D eigenvalue weighted by Crippen LogP contribution is -2.33. The maximum Gasteiger partial charge on any atom is 0.115 e. The van der Waals surface area contributed by atoms with Crippen LogP contribution in [0.15, 0.2) is 79.4 Å². The van der Waals surface area contributed by atoms with Gasteiger partial charge in [-0.05, 0) is 55.2 Å². The molecule has 1 nitrogen and oxygen atoms in total. The molecular formula is C32H42O. The van der Waals surface area contributed by atoms with Crippen molar-refractivity contribution in [3.05, 3.63) is 102 Å². The smallest absolute Gasteiger partial charge is 0.115 e. The lowest BCUT2D eigenvalue weighted by atomic mass is 9.58. The highest BCUT2D eigenvalue weighted by Crippen LogP contribution is 2.55. The first-order valence-corrected chi connectivity index (χ1v) is 12.1. The third-order valence-corrected chi connectivity index (χ3v) is 7.02. The second kappa shape index (κ2) is 10.9. The quantitative estimate of drug-likeness (QED) is 0.361. The molecule has 176 valence electrons. The van der Waals surface area contributed by atoms with E-state index in [4.69, 9.17) is 0 Å². The Balaban J connectivity index is 0.000000321. The molecule has 0 fully saturated rings. The van der Waals surface area contributed by atoms with E-state index in [1.54, 1.807) is 5.57 Å². The van der Waals surface area contributed by atoms with E-state index in [0.717, 1.165) is 30.4 Å². The standard InChI is InChI=1S/C22H30O.C10H12/c1-7-9-20-21(4,5)19(14-15-22(20,6)8-2)18-12-10-17(11-13-18)16(3)23;1-8(2)10-6-4-9(3)5-7-10/h9-14,23H,3,7-8,15H2,1-2,4-6H3;4-7H,1H2,2-3H3/b20-9-;. The van der Waals surface area contributed by atoms with Gasteiger partial charge in [0, 0.05) is 11.0 Å². The van der Waals surface area contributed by atoms with Crippen molar-refractivity contribution in [2.45, 2.75) is 67.7 Å². The van der Waals surface area contributed by atoms with Crippen molar-refractivity contribution in [3.63, 3.8) is 0 Å². The Hall–Kier alpha value is -2.80.